The first-order valence-electron chi connectivity index (χ1n) is 6.55. The fourth-order valence-corrected chi connectivity index (χ4v) is 1.93. The number of nitrogens with zero attached hydrogens (tertiary/aromatic N) is 1. The molecule has 0 aliphatic rings. The summed E-state index contributed by atoms with van der Waals surface area (Å²) in [4.78, 5) is 1.96. The minimum atomic E-state index is 0.0506. The first kappa shape index (κ1) is 16.5. The molecule has 0 saturated carbocycles. The summed E-state index contributed by atoms with van der Waals surface area (Å²) < 4.78 is 5.34. The highest BCUT2D eigenvalue weighted by Crippen LogP contribution is 2.21. The lowest BCUT2D eigenvalue weighted by Crippen LogP contribution is -2.29. The Morgan fingerprint density at radius 1 is 1.25 bits per heavy atom. The van der Waals surface area contributed by atoms with Gasteiger partial charge in [-0.05, 0) is 18.2 Å². The second kappa shape index (κ2) is 9.34. The van der Waals surface area contributed by atoms with Gasteiger partial charge in [0, 0.05) is 30.8 Å². The van der Waals surface area contributed by atoms with E-state index in [4.69, 9.17) is 20.7 Å². The van der Waals surface area contributed by atoms with E-state index < -0.39 is 0 Å². The molecule has 1 aromatic carbocycles. The third-order valence-corrected chi connectivity index (χ3v) is 2.84. The maximum absolute atomic E-state index is 9.05. The number of hydrogen-bond acceptors (Lipinski definition) is 5. The maximum Gasteiger partial charge on any atom is 0.123 e. The van der Waals surface area contributed by atoms with Crippen LogP contribution in [0.15, 0.2) is 18.2 Å². The molecule has 5 nitrogen and oxygen atoms in total. The molecular weight excluding hydrogens is 256 g/mol. The summed E-state index contributed by atoms with van der Waals surface area (Å²) in [5.41, 5.74) is 7.21. The van der Waals surface area contributed by atoms with Crippen LogP contribution in [-0.4, -0.2) is 55.1 Å². The van der Waals surface area contributed by atoms with E-state index in [0.717, 1.165) is 16.9 Å². The molecule has 0 aliphatic heterocycles. The number of benzene rings is 1. The Morgan fingerprint density at radius 2 is 1.95 bits per heavy atom. The summed E-state index contributed by atoms with van der Waals surface area (Å²) in [6, 6.07) is 5.70. The normalized spacial score (nSPS) is 10.2. The largest absolute Gasteiger partial charge is 0.496 e. The molecule has 0 bridgehead atoms. The van der Waals surface area contributed by atoms with E-state index in [1.165, 1.54) is 0 Å². The zero-order valence-corrected chi connectivity index (χ0v) is 11.8. The molecule has 0 unspecified atom stereocenters. The summed E-state index contributed by atoms with van der Waals surface area (Å²) in [7, 11) is 1.62. The van der Waals surface area contributed by atoms with E-state index in [1.807, 2.05) is 23.1 Å². The lowest BCUT2D eigenvalue weighted by molar-refractivity contribution is 0.155. The predicted octanol–water partition coefficient (Wildman–Crippen LogP) is -0.208. The first-order valence-corrected chi connectivity index (χ1v) is 6.55. The monoisotopic (exact) mass is 278 g/mol. The fourth-order valence-electron chi connectivity index (χ4n) is 1.93. The summed E-state index contributed by atoms with van der Waals surface area (Å²) in [6.45, 7) is 2.01. The average Bonchev–Trinajstić information content (AvgIpc) is 2.46. The van der Waals surface area contributed by atoms with Crippen molar-refractivity contribution in [3.05, 3.63) is 29.3 Å². The molecule has 0 aliphatic carbocycles. The van der Waals surface area contributed by atoms with Gasteiger partial charge >= 0.3 is 0 Å². The number of nitrogens with two attached hydrogens (primary N) is 1. The Balaban J connectivity index is 2.94. The van der Waals surface area contributed by atoms with Crippen molar-refractivity contribution < 1.29 is 14.9 Å². The van der Waals surface area contributed by atoms with E-state index in [9.17, 15) is 0 Å². The van der Waals surface area contributed by atoms with Gasteiger partial charge in [0.1, 0.15) is 5.75 Å². The van der Waals surface area contributed by atoms with Crippen molar-refractivity contribution >= 4 is 0 Å². The van der Waals surface area contributed by atoms with Crippen LogP contribution >= 0.6 is 0 Å². The molecular formula is C15H22N2O3. The Kier molecular flexibility index (Phi) is 7.70. The van der Waals surface area contributed by atoms with Crippen LogP contribution in [0.3, 0.4) is 0 Å². The molecule has 0 aromatic heterocycles. The van der Waals surface area contributed by atoms with Gasteiger partial charge in [0.2, 0.25) is 0 Å². The van der Waals surface area contributed by atoms with Crippen molar-refractivity contribution in [3.8, 4) is 17.6 Å². The van der Waals surface area contributed by atoms with E-state index in [1.54, 1.807) is 7.11 Å². The summed E-state index contributed by atoms with van der Waals surface area (Å²) in [5, 5.41) is 18.1. The minimum Gasteiger partial charge on any atom is -0.496 e. The minimum absolute atomic E-state index is 0.0506. The van der Waals surface area contributed by atoms with Crippen molar-refractivity contribution in [1.29, 1.82) is 0 Å². The van der Waals surface area contributed by atoms with Gasteiger partial charge < -0.3 is 20.7 Å². The third-order valence-electron chi connectivity index (χ3n) is 2.84. The highest BCUT2D eigenvalue weighted by Gasteiger charge is 2.09. The number of hydrogen-bond donors (Lipinski definition) is 3. The van der Waals surface area contributed by atoms with Crippen molar-refractivity contribution in [2.45, 2.75) is 6.54 Å². The maximum atomic E-state index is 9.05. The molecule has 0 spiro atoms. The van der Waals surface area contributed by atoms with Crippen LogP contribution in [0.25, 0.3) is 0 Å². The lowest BCUT2D eigenvalue weighted by atomic mass is 10.1. The molecule has 5 heteroatoms. The summed E-state index contributed by atoms with van der Waals surface area (Å²) in [6.07, 6.45) is 0. The Bertz CT molecular complexity index is 460. The zero-order valence-electron chi connectivity index (χ0n) is 11.8. The van der Waals surface area contributed by atoms with Gasteiger partial charge in [0.05, 0.1) is 26.9 Å². The smallest absolute Gasteiger partial charge is 0.123 e. The van der Waals surface area contributed by atoms with Gasteiger partial charge in [-0.3, -0.25) is 4.90 Å². The quantitative estimate of drug-likeness (QED) is 0.602. The van der Waals surface area contributed by atoms with Gasteiger partial charge in [-0.2, -0.15) is 0 Å². The van der Waals surface area contributed by atoms with E-state index >= 15 is 0 Å². The van der Waals surface area contributed by atoms with E-state index in [2.05, 4.69) is 11.8 Å². The molecule has 0 radical (unpaired) electrons. The van der Waals surface area contributed by atoms with Gasteiger partial charge in [-0.25, -0.2) is 0 Å². The lowest BCUT2D eigenvalue weighted by Gasteiger charge is -2.21. The highest BCUT2D eigenvalue weighted by atomic mass is 16.5. The van der Waals surface area contributed by atoms with Crippen LogP contribution in [0.4, 0.5) is 0 Å². The molecule has 4 N–H and O–H groups in total. The molecule has 110 valence electrons. The molecule has 0 fully saturated rings. The van der Waals surface area contributed by atoms with Crippen LogP contribution in [0, 0.1) is 11.8 Å². The molecule has 20 heavy (non-hydrogen) atoms. The first-order chi connectivity index (χ1) is 9.74. The fraction of sp³-hybridized carbons (Fsp3) is 0.467. The van der Waals surface area contributed by atoms with Crippen molar-refractivity contribution in [2.75, 3.05) is 40.0 Å². The zero-order chi connectivity index (χ0) is 14.8. The van der Waals surface area contributed by atoms with Gasteiger partial charge in [-0.1, -0.05) is 11.8 Å². The van der Waals surface area contributed by atoms with Gasteiger partial charge in [-0.15, -0.1) is 0 Å². The number of ether oxygens (including phenoxy) is 1. The average molecular weight is 278 g/mol. The molecule has 1 aromatic rings. The van der Waals surface area contributed by atoms with Gasteiger partial charge in [0.15, 0.2) is 0 Å². The number of aliphatic hydroxyl groups excluding tert-OH is 2. The summed E-state index contributed by atoms with van der Waals surface area (Å²) >= 11 is 0. The Morgan fingerprint density at radius 3 is 2.50 bits per heavy atom. The number of rotatable bonds is 7. The SMILES string of the molecule is COc1ccc(C#CCN)cc1CN(CCO)CCO. The van der Waals surface area contributed by atoms with Crippen LogP contribution < -0.4 is 10.5 Å². The number of aliphatic hydroxyl groups is 2. The molecule has 1 rings (SSSR count). The van der Waals surface area contributed by atoms with Crippen molar-refractivity contribution in [1.82, 2.24) is 4.90 Å². The van der Waals surface area contributed by atoms with Crippen molar-refractivity contribution in [3.63, 3.8) is 0 Å². The standard InChI is InChI=1S/C15H22N2O3/c1-20-15-5-4-13(3-2-6-16)11-14(15)12-17(7-9-18)8-10-19/h4-5,11,18-19H,6-10,12,16H2,1H3. The van der Waals surface area contributed by atoms with Crippen LogP contribution in [-0.2, 0) is 6.54 Å². The van der Waals surface area contributed by atoms with Crippen LogP contribution in [0.5, 0.6) is 5.75 Å². The molecule has 0 heterocycles. The van der Waals surface area contributed by atoms with E-state index in [0.29, 0.717) is 26.2 Å². The topological polar surface area (TPSA) is 79.0 Å². The second-order valence-corrected chi connectivity index (χ2v) is 4.26. The predicted molar refractivity (Wildman–Crippen MR) is 78.4 cm³/mol. The molecule has 0 atom stereocenters. The van der Waals surface area contributed by atoms with Crippen molar-refractivity contribution in [2.24, 2.45) is 5.73 Å². The number of methoxy groups -OCH3 is 1. The van der Waals surface area contributed by atoms with Gasteiger partial charge in [0.25, 0.3) is 0 Å². The van der Waals surface area contributed by atoms with Crippen LogP contribution in [0.2, 0.25) is 0 Å². The molecule has 0 amide bonds. The Labute approximate surface area is 120 Å². The molecule has 0 saturated heterocycles. The van der Waals surface area contributed by atoms with E-state index in [-0.39, 0.29) is 13.2 Å². The summed E-state index contributed by atoms with van der Waals surface area (Å²) in [5.74, 6) is 6.57. The third kappa shape index (κ3) is 5.19. The Hall–Kier alpha value is -1.58. The van der Waals surface area contributed by atoms with Crippen LogP contribution in [0.1, 0.15) is 11.1 Å². The highest BCUT2D eigenvalue weighted by molar-refractivity contribution is 5.44. The second-order valence-electron chi connectivity index (χ2n) is 4.26.